The van der Waals surface area contributed by atoms with Gasteiger partial charge in [-0.05, 0) is 21.7 Å². The molecule has 0 unspecified atom stereocenters. The fourth-order valence-corrected chi connectivity index (χ4v) is 5.11. The first-order valence-electron chi connectivity index (χ1n) is 13.6. The predicted octanol–water partition coefficient (Wildman–Crippen LogP) is 6.24. The molecule has 0 aliphatic rings. The quantitative estimate of drug-likeness (QED) is 0.378. The summed E-state index contributed by atoms with van der Waals surface area (Å²) in [6.45, 7) is 39.0. The van der Waals surface area contributed by atoms with Crippen molar-refractivity contribution in [2.24, 2.45) is 21.7 Å². The molecular formula is C32H68O4Ti. The van der Waals surface area contributed by atoms with Gasteiger partial charge in [0.2, 0.25) is 0 Å². The Morgan fingerprint density at radius 2 is 0.351 bits per heavy atom. The van der Waals surface area contributed by atoms with E-state index in [0.29, 0.717) is 0 Å². The first-order valence-corrected chi connectivity index (χ1v) is 13.6. The van der Waals surface area contributed by atoms with Crippen molar-refractivity contribution in [1.29, 1.82) is 0 Å². The first kappa shape index (κ1) is 47.3. The molecule has 0 heterocycles. The zero-order valence-electron chi connectivity index (χ0n) is 29.0. The average Bonchev–Trinajstić information content (AvgIpc) is 2.19. The molecular weight excluding hydrogens is 496 g/mol. The van der Waals surface area contributed by atoms with Gasteiger partial charge in [0.15, 0.2) is 0 Å². The van der Waals surface area contributed by atoms with Crippen molar-refractivity contribution in [2.45, 2.75) is 187 Å². The summed E-state index contributed by atoms with van der Waals surface area (Å²) in [6.07, 6.45) is 2.94. The smallest absolute Gasteiger partial charge is 0.850 e. The molecule has 0 N–H and O–H groups in total. The zero-order chi connectivity index (χ0) is 30.8. The van der Waals surface area contributed by atoms with Crippen LogP contribution in [0.1, 0.15) is 164 Å². The Bertz CT molecular complexity index is 390. The van der Waals surface area contributed by atoms with E-state index in [0.717, 1.165) is 25.7 Å². The summed E-state index contributed by atoms with van der Waals surface area (Å²) in [7, 11) is 0. The van der Waals surface area contributed by atoms with Gasteiger partial charge < -0.3 is 20.4 Å². The van der Waals surface area contributed by atoms with Crippen LogP contribution in [0.4, 0.5) is 0 Å². The standard InChI is InChI=1S/4C8H17O.Ti/c4*1-7(2,3)6-8(4,5)9;/h4*6H2,1-5H3;/q4*-1;+4. The van der Waals surface area contributed by atoms with Crippen molar-refractivity contribution in [3.63, 3.8) is 0 Å². The molecule has 0 saturated carbocycles. The van der Waals surface area contributed by atoms with Gasteiger partial charge in [0, 0.05) is 0 Å². The maximum atomic E-state index is 11.1. The van der Waals surface area contributed by atoms with Gasteiger partial charge in [0.05, 0.1) is 0 Å². The molecule has 37 heavy (non-hydrogen) atoms. The van der Waals surface area contributed by atoms with Crippen molar-refractivity contribution in [3.05, 3.63) is 0 Å². The van der Waals surface area contributed by atoms with Gasteiger partial charge in [-0.25, -0.2) is 0 Å². The third kappa shape index (κ3) is 72.4. The molecule has 0 aliphatic heterocycles. The van der Waals surface area contributed by atoms with Crippen LogP contribution in [0, 0.1) is 21.7 Å². The average molecular weight is 565 g/mol. The molecule has 0 amide bonds. The van der Waals surface area contributed by atoms with Crippen LogP contribution < -0.4 is 20.4 Å². The largest absolute Gasteiger partial charge is 4.00 e. The molecule has 0 rings (SSSR count). The summed E-state index contributed by atoms with van der Waals surface area (Å²) in [4.78, 5) is 0. The second-order valence-corrected chi connectivity index (χ2v) is 18.0. The maximum Gasteiger partial charge on any atom is 4.00 e. The first-order chi connectivity index (χ1) is 14.8. The Morgan fingerprint density at radius 1 is 0.270 bits per heavy atom. The molecule has 0 atom stereocenters. The fraction of sp³-hybridized carbons (Fsp3) is 1.00. The number of hydrogen-bond acceptors (Lipinski definition) is 4. The molecule has 0 aromatic carbocycles. The SMILES string of the molecule is CC(C)(C)CC(C)(C)[O-].CC(C)(C)CC(C)(C)[O-].CC(C)(C)CC(C)(C)[O-].CC(C)(C)CC(C)(C)[O-].[Ti+4]. The topological polar surface area (TPSA) is 92.2 Å². The van der Waals surface area contributed by atoms with Gasteiger partial charge in [-0.1, -0.05) is 164 Å². The summed E-state index contributed by atoms with van der Waals surface area (Å²) in [5.41, 5.74) is -2.38. The molecule has 0 bridgehead atoms. The Balaban J connectivity index is -0.000000122. The van der Waals surface area contributed by atoms with Crippen LogP contribution >= 0.6 is 0 Å². The van der Waals surface area contributed by atoms with Gasteiger partial charge in [0.1, 0.15) is 0 Å². The van der Waals surface area contributed by atoms with E-state index in [1.165, 1.54) is 0 Å². The zero-order valence-corrected chi connectivity index (χ0v) is 30.5. The van der Waals surface area contributed by atoms with Gasteiger partial charge in [-0.3, -0.25) is 0 Å². The summed E-state index contributed by atoms with van der Waals surface area (Å²) >= 11 is 0. The van der Waals surface area contributed by atoms with Crippen LogP contribution in [0.15, 0.2) is 0 Å². The van der Waals surface area contributed by atoms with E-state index in [1.807, 2.05) is 0 Å². The molecule has 0 spiro atoms. The van der Waals surface area contributed by atoms with Crippen molar-refractivity contribution >= 4 is 0 Å². The summed E-state index contributed by atoms with van der Waals surface area (Å²) in [5.74, 6) is 0. The fourth-order valence-electron chi connectivity index (χ4n) is 5.11. The minimum Gasteiger partial charge on any atom is -0.850 e. The van der Waals surface area contributed by atoms with Crippen LogP contribution in [-0.4, -0.2) is 22.4 Å². The van der Waals surface area contributed by atoms with E-state index in [-0.39, 0.29) is 43.4 Å². The molecule has 0 saturated heterocycles. The molecule has 0 fully saturated rings. The molecule has 0 aromatic heterocycles. The summed E-state index contributed by atoms with van der Waals surface area (Å²) in [5, 5.41) is 44.5. The van der Waals surface area contributed by atoms with E-state index in [4.69, 9.17) is 0 Å². The van der Waals surface area contributed by atoms with Crippen molar-refractivity contribution in [1.82, 2.24) is 0 Å². The van der Waals surface area contributed by atoms with E-state index < -0.39 is 22.4 Å². The molecule has 0 aliphatic carbocycles. The van der Waals surface area contributed by atoms with Gasteiger partial charge in [0.25, 0.3) is 0 Å². The predicted molar refractivity (Wildman–Crippen MR) is 153 cm³/mol. The van der Waals surface area contributed by atoms with E-state index in [2.05, 4.69) is 83.1 Å². The van der Waals surface area contributed by atoms with Crippen LogP contribution in [0.3, 0.4) is 0 Å². The molecule has 5 heteroatoms. The van der Waals surface area contributed by atoms with Crippen LogP contribution in [0.5, 0.6) is 0 Å². The van der Waals surface area contributed by atoms with Gasteiger partial charge >= 0.3 is 21.7 Å². The molecule has 4 nitrogen and oxygen atoms in total. The second-order valence-electron chi connectivity index (χ2n) is 18.0. The minimum absolute atomic E-state index is 0. The Morgan fingerprint density at radius 3 is 0.351 bits per heavy atom. The van der Waals surface area contributed by atoms with E-state index >= 15 is 0 Å². The Hall–Kier alpha value is 0.554. The van der Waals surface area contributed by atoms with Crippen molar-refractivity contribution < 1.29 is 42.1 Å². The Kier molecular flexibility index (Phi) is 21.4. The van der Waals surface area contributed by atoms with Gasteiger partial charge in [-0.15, -0.1) is 22.4 Å². The van der Waals surface area contributed by atoms with Crippen LogP contribution in [0.2, 0.25) is 0 Å². The van der Waals surface area contributed by atoms with Gasteiger partial charge in [-0.2, -0.15) is 0 Å². The third-order valence-corrected chi connectivity index (χ3v) is 3.82. The number of hydrogen-bond donors (Lipinski definition) is 0. The third-order valence-electron chi connectivity index (χ3n) is 3.82. The Labute approximate surface area is 249 Å². The molecule has 0 aromatic rings. The van der Waals surface area contributed by atoms with Crippen LogP contribution in [0.25, 0.3) is 0 Å². The van der Waals surface area contributed by atoms with E-state index in [1.54, 1.807) is 55.4 Å². The van der Waals surface area contributed by atoms with Crippen LogP contribution in [-0.2, 0) is 21.7 Å². The minimum atomic E-state index is -0.766. The summed E-state index contributed by atoms with van der Waals surface area (Å²) < 4.78 is 0. The normalized spacial score (nSPS) is 13.6. The number of rotatable bonds is 4. The monoisotopic (exact) mass is 564 g/mol. The van der Waals surface area contributed by atoms with Crippen molar-refractivity contribution in [2.75, 3.05) is 0 Å². The molecule has 224 valence electrons. The van der Waals surface area contributed by atoms with E-state index in [9.17, 15) is 20.4 Å². The second kappa shape index (κ2) is 16.7. The van der Waals surface area contributed by atoms with Crippen molar-refractivity contribution in [3.8, 4) is 0 Å². The maximum absolute atomic E-state index is 11.1. The summed E-state index contributed by atoms with van der Waals surface area (Å²) in [6, 6.07) is 0. The molecule has 0 radical (unpaired) electrons.